The molecular formula is C15H24N2O5S. The number of hydrogen-bond donors (Lipinski definition) is 1. The van der Waals surface area contributed by atoms with Gasteiger partial charge in [0.15, 0.2) is 0 Å². The number of ether oxygens (including phenoxy) is 2. The fraction of sp³-hybridized carbons (Fsp3) is 0.600. The number of hydrogen-bond acceptors (Lipinski definition) is 6. The third kappa shape index (κ3) is 4.89. The maximum Gasteiger partial charge on any atom is 0.262 e. The van der Waals surface area contributed by atoms with Crippen LogP contribution < -0.4 is 9.62 Å². The summed E-state index contributed by atoms with van der Waals surface area (Å²) in [5, 5.41) is 0. The van der Waals surface area contributed by atoms with Crippen LogP contribution in [0.25, 0.3) is 0 Å². The summed E-state index contributed by atoms with van der Waals surface area (Å²) in [5.41, 5.74) is 1.23. The Balaban J connectivity index is 1.93. The minimum Gasteiger partial charge on any atom is -0.497 e. The van der Waals surface area contributed by atoms with E-state index in [2.05, 4.69) is 9.79 Å². The van der Waals surface area contributed by atoms with E-state index in [-0.39, 0.29) is 11.5 Å². The van der Waals surface area contributed by atoms with Crippen LogP contribution in [0.5, 0.6) is 5.75 Å². The third-order valence-corrected chi connectivity index (χ3v) is 5.24. The molecule has 1 heterocycles. The molecule has 0 amide bonds. The second-order valence-electron chi connectivity index (χ2n) is 5.48. The zero-order valence-electron chi connectivity index (χ0n) is 13.8. The molecule has 0 aliphatic carbocycles. The first kappa shape index (κ1) is 18.2. The molecule has 0 bridgehead atoms. The molecule has 2 rings (SSSR count). The van der Waals surface area contributed by atoms with E-state index in [1.54, 1.807) is 33.1 Å². The zero-order valence-corrected chi connectivity index (χ0v) is 14.6. The van der Waals surface area contributed by atoms with Crippen molar-refractivity contribution in [3.05, 3.63) is 23.3 Å². The summed E-state index contributed by atoms with van der Waals surface area (Å²) >= 11 is 0. The maximum atomic E-state index is 12.4. The number of nitrogens with zero attached hydrogens (tertiary/aromatic N) is 1. The molecule has 1 aliphatic heterocycles. The topological polar surface area (TPSA) is 77.1 Å². The molecule has 1 fully saturated rings. The molecule has 0 unspecified atom stereocenters. The first-order chi connectivity index (χ1) is 10.9. The largest absolute Gasteiger partial charge is 0.497 e. The van der Waals surface area contributed by atoms with Crippen molar-refractivity contribution in [3.8, 4) is 5.75 Å². The molecule has 1 aromatic rings. The molecule has 0 aromatic heterocycles. The van der Waals surface area contributed by atoms with E-state index in [1.807, 2.05) is 0 Å². The summed E-state index contributed by atoms with van der Waals surface area (Å²) < 4.78 is 35.2. The van der Waals surface area contributed by atoms with E-state index < -0.39 is 10.0 Å². The minimum atomic E-state index is -3.72. The van der Waals surface area contributed by atoms with Gasteiger partial charge in [-0.2, -0.15) is 0 Å². The van der Waals surface area contributed by atoms with Crippen LogP contribution in [0.4, 0.5) is 0 Å². The average Bonchev–Trinajstić information content (AvgIpc) is 2.51. The highest BCUT2D eigenvalue weighted by Gasteiger charge is 2.21. The highest BCUT2D eigenvalue weighted by Crippen LogP contribution is 2.25. The Labute approximate surface area is 137 Å². The number of aryl methyl sites for hydroxylation is 2. The molecule has 0 radical (unpaired) electrons. The van der Waals surface area contributed by atoms with Crippen LogP contribution in [0.3, 0.4) is 0 Å². The van der Waals surface area contributed by atoms with Crippen molar-refractivity contribution in [2.75, 3.05) is 46.6 Å². The fourth-order valence-corrected chi connectivity index (χ4v) is 3.90. The Morgan fingerprint density at radius 1 is 1.22 bits per heavy atom. The summed E-state index contributed by atoms with van der Waals surface area (Å²) in [6, 6.07) is 3.38. The standard InChI is InChI=1S/C15H24N2O5S/c1-12-10-14(20-3)11-13(2)15(12)23(18,19)16-22-9-6-17-4-7-21-8-5-17/h10-11,16H,4-9H2,1-3H3. The van der Waals surface area contributed by atoms with Crippen molar-refractivity contribution >= 4 is 10.0 Å². The van der Waals surface area contributed by atoms with Crippen molar-refractivity contribution in [2.45, 2.75) is 18.7 Å². The van der Waals surface area contributed by atoms with Gasteiger partial charge in [-0.3, -0.25) is 9.74 Å². The number of rotatable bonds is 7. The van der Waals surface area contributed by atoms with Crippen LogP contribution >= 0.6 is 0 Å². The number of methoxy groups -OCH3 is 1. The normalized spacial score (nSPS) is 16.5. The predicted octanol–water partition coefficient (Wildman–Crippen LogP) is 0.854. The Morgan fingerprint density at radius 3 is 2.39 bits per heavy atom. The third-order valence-electron chi connectivity index (χ3n) is 3.72. The van der Waals surface area contributed by atoms with Gasteiger partial charge in [0, 0.05) is 19.6 Å². The summed E-state index contributed by atoms with van der Waals surface area (Å²) in [7, 11) is -2.17. The van der Waals surface area contributed by atoms with Gasteiger partial charge in [0.05, 0.1) is 31.8 Å². The van der Waals surface area contributed by atoms with Crippen LogP contribution in [0.1, 0.15) is 11.1 Å². The van der Waals surface area contributed by atoms with E-state index in [0.29, 0.717) is 36.6 Å². The van der Waals surface area contributed by atoms with Crippen molar-refractivity contribution < 1.29 is 22.7 Å². The van der Waals surface area contributed by atoms with Gasteiger partial charge in [-0.15, -0.1) is 0 Å². The Bertz CT molecular complexity index is 604. The zero-order chi connectivity index (χ0) is 16.9. The monoisotopic (exact) mass is 344 g/mol. The summed E-state index contributed by atoms with van der Waals surface area (Å²) in [6.07, 6.45) is 0. The Hall–Kier alpha value is -1.19. The molecule has 7 nitrogen and oxygen atoms in total. The van der Waals surface area contributed by atoms with Gasteiger partial charge in [-0.25, -0.2) is 8.42 Å². The van der Waals surface area contributed by atoms with Crippen LogP contribution in [0.2, 0.25) is 0 Å². The van der Waals surface area contributed by atoms with Crippen LogP contribution in [0.15, 0.2) is 17.0 Å². The lowest BCUT2D eigenvalue weighted by Gasteiger charge is -2.26. The fourth-order valence-electron chi connectivity index (χ4n) is 2.61. The van der Waals surface area contributed by atoms with E-state index in [0.717, 1.165) is 13.1 Å². The van der Waals surface area contributed by atoms with Gasteiger partial charge < -0.3 is 9.47 Å². The number of benzene rings is 1. The Morgan fingerprint density at radius 2 is 1.83 bits per heavy atom. The minimum absolute atomic E-state index is 0.227. The molecule has 23 heavy (non-hydrogen) atoms. The van der Waals surface area contributed by atoms with Gasteiger partial charge in [0.2, 0.25) is 0 Å². The van der Waals surface area contributed by atoms with E-state index in [1.165, 1.54) is 0 Å². The molecular weight excluding hydrogens is 320 g/mol. The van der Waals surface area contributed by atoms with Crippen molar-refractivity contribution in [1.29, 1.82) is 0 Å². The lowest BCUT2D eigenvalue weighted by molar-refractivity contribution is 0.0125. The van der Waals surface area contributed by atoms with E-state index >= 15 is 0 Å². The quantitative estimate of drug-likeness (QED) is 0.584. The summed E-state index contributed by atoms with van der Waals surface area (Å²) in [4.78, 5) is 9.77. The van der Waals surface area contributed by atoms with E-state index in [9.17, 15) is 8.42 Å². The van der Waals surface area contributed by atoms with Crippen LogP contribution in [-0.4, -0.2) is 59.9 Å². The number of morpholine rings is 1. The lowest BCUT2D eigenvalue weighted by Crippen LogP contribution is -2.39. The predicted molar refractivity (Wildman–Crippen MR) is 86.0 cm³/mol. The maximum absolute atomic E-state index is 12.4. The molecule has 1 aliphatic rings. The molecule has 0 atom stereocenters. The highest BCUT2D eigenvalue weighted by atomic mass is 32.2. The van der Waals surface area contributed by atoms with Crippen molar-refractivity contribution in [2.24, 2.45) is 0 Å². The second-order valence-corrected chi connectivity index (χ2v) is 7.06. The first-order valence-electron chi connectivity index (χ1n) is 7.53. The summed E-state index contributed by atoms with van der Waals surface area (Å²) in [6.45, 7) is 7.50. The molecule has 1 N–H and O–H groups in total. The van der Waals surface area contributed by atoms with Crippen molar-refractivity contribution in [1.82, 2.24) is 9.79 Å². The number of nitrogens with one attached hydrogen (secondary N) is 1. The summed E-state index contributed by atoms with van der Waals surface area (Å²) in [5.74, 6) is 0.632. The number of sulfonamides is 1. The van der Waals surface area contributed by atoms with Gasteiger partial charge in [0.1, 0.15) is 5.75 Å². The van der Waals surface area contributed by atoms with Gasteiger partial charge in [-0.1, -0.05) is 4.89 Å². The van der Waals surface area contributed by atoms with E-state index in [4.69, 9.17) is 14.3 Å². The molecule has 8 heteroatoms. The van der Waals surface area contributed by atoms with Crippen molar-refractivity contribution in [3.63, 3.8) is 0 Å². The lowest BCUT2D eigenvalue weighted by atomic mass is 10.1. The molecule has 1 aromatic carbocycles. The molecule has 130 valence electrons. The average molecular weight is 344 g/mol. The Kier molecular flexibility index (Phi) is 6.37. The smallest absolute Gasteiger partial charge is 0.262 e. The SMILES string of the molecule is COc1cc(C)c(S(=O)(=O)NOCCN2CCOCC2)c(C)c1. The molecule has 1 saturated heterocycles. The highest BCUT2D eigenvalue weighted by molar-refractivity contribution is 7.89. The molecule has 0 saturated carbocycles. The van der Waals surface area contributed by atoms with Gasteiger partial charge in [-0.05, 0) is 37.1 Å². The van der Waals surface area contributed by atoms with Crippen LogP contribution in [0, 0.1) is 13.8 Å². The van der Waals surface area contributed by atoms with Gasteiger partial charge in [0.25, 0.3) is 10.0 Å². The van der Waals surface area contributed by atoms with Gasteiger partial charge >= 0.3 is 0 Å². The first-order valence-corrected chi connectivity index (χ1v) is 9.01. The molecule has 0 spiro atoms. The van der Waals surface area contributed by atoms with Crippen LogP contribution in [-0.2, 0) is 19.6 Å². The second kappa shape index (κ2) is 8.07.